The topological polar surface area (TPSA) is 43.8 Å². The normalized spacial score (nSPS) is 14.3. The number of hydrogen-bond acceptors (Lipinski definition) is 2. The molecule has 2 rings (SSSR count). The third-order valence-electron chi connectivity index (χ3n) is 3.44. The Morgan fingerprint density at radius 2 is 1.95 bits per heavy atom. The lowest BCUT2D eigenvalue weighted by atomic mass is 9.99. The molecule has 1 aromatic carbocycles. The van der Waals surface area contributed by atoms with Crippen LogP contribution in [0, 0.1) is 6.92 Å². The Morgan fingerprint density at radius 1 is 1.26 bits per heavy atom. The molecule has 0 aliphatic carbocycles. The highest BCUT2D eigenvalue weighted by Crippen LogP contribution is 2.23. The minimum absolute atomic E-state index is 0.0486. The Kier molecular flexibility index (Phi) is 4.38. The molecule has 0 bridgehead atoms. The number of aryl methyl sites for hydroxylation is 2. The quantitative estimate of drug-likeness (QED) is 0.894. The molecule has 2 atom stereocenters. The monoisotopic (exact) mass is 257 g/mol. The largest absolute Gasteiger partial charge is 0.326 e. The second-order valence-corrected chi connectivity index (χ2v) is 5.22. The molecule has 0 fully saturated rings. The van der Waals surface area contributed by atoms with Crippen molar-refractivity contribution in [1.82, 2.24) is 9.55 Å². The Morgan fingerprint density at radius 3 is 2.53 bits per heavy atom. The Labute approximate surface area is 115 Å². The van der Waals surface area contributed by atoms with Crippen LogP contribution in [0.5, 0.6) is 0 Å². The fraction of sp³-hybridized carbons (Fsp3) is 0.438. The van der Waals surface area contributed by atoms with E-state index in [1.807, 2.05) is 12.4 Å². The Hall–Kier alpha value is -1.61. The first kappa shape index (κ1) is 13.8. The lowest BCUT2D eigenvalue weighted by Gasteiger charge is -2.25. The molecule has 0 aliphatic heterocycles. The van der Waals surface area contributed by atoms with Gasteiger partial charge in [-0.05, 0) is 25.8 Å². The highest BCUT2D eigenvalue weighted by Gasteiger charge is 2.20. The SMILES string of the molecule is CCCc1nccn1C(c1ccc(C)cc1)C(C)N. The first-order chi connectivity index (χ1) is 9.13. The number of benzene rings is 1. The van der Waals surface area contributed by atoms with Crippen LogP contribution >= 0.6 is 0 Å². The van der Waals surface area contributed by atoms with Gasteiger partial charge in [0, 0.05) is 24.9 Å². The Bertz CT molecular complexity index is 511. The van der Waals surface area contributed by atoms with Gasteiger partial charge in [-0.15, -0.1) is 0 Å². The van der Waals surface area contributed by atoms with E-state index in [-0.39, 0.29) is 12.1 Å². The van der Waals surface area contributed by atoms with Crippen LogP contribution < -0.4 is 5.73 Å². The summed E-state index contributed by atoms with van der Waals surface area (Å²) >= 11 is 0. The van der Waals surface area contributed by atoms with Crippen LogP contribution in [0.15, 0.2) is 36.7 Å². The fourth-order valence-corrected chi connectivity index (χ4v) is 2.50. The maximum Gasteiger partial charge on any atom is 0.109 e. The minimum atomic E-state index is 0.0486. The fourth-order valence-electron chi connectivity index (χ4n) is 2.50. The Balaban J connectivity index is 2.39. The molecule has 3 nitrogen and oxygen atoms in total. The van der Waals surface area contributed by atoms with Crippen molar-refractivity contribution in [2.75, 3.05) is 0 Å². The molecule has 2 N–H and O–H groups in total. The van der Waals surface area contributed by atoms with Gasteiger partial charge in [0.05, 0.1) is 6.04 Å². The zero-order chi connectivity index (χ0) is 13.8. The van der Waals surface area contributed by atoms with E-state index in [4.69, 9.17) is 5.73 Å². The summed E-state index contributed by atoms with van der Waals surface area (Å²) in [4.78, 5) is 4.46. The van der Waals surface area contributed by atoms with Crippen LogP contribution in [0.25, 0.3) is 0 Å². The summed E-state index contributed by atoms with van der Waals surface area (Å²) in [6, 6.07) is 8.82. The van der Waals surface area contributed by atoms with Crippen molar-refractivity contribution < 1.29 is 0 Å². The lowest BCUT2D eigenvalue weighted by Crippen LogP contribution is -2.31. The molecule has 102 valence electrons. The van der Waals surface area contributed by atoms with E-state index in [0.717, 1.165) is 18.7 Å². The van der Waals surface area contributed by atoms with Gasteiger partial charge in [-0.25, -0.2) is 4.98 Å². The van der Waals surface area contributed by atoms with E-state index < -0.39 is 0 Å². The van der Waals surface area contributed by atoms with Crippen molar-refractivity contribution in [3.8, 4) is 0 Å². The molecule has 1 heterocycles. The number of nitrogens with zero attached hydrogens (tertiary/aromatic N) is 2. The van der Waals surface area contributed by atoms with E-state index in [0.29, 0.717) is 0 Å². The van der Waals surface area contributed by atoms with E-state index >= 15 is 0 Å². The first-order valence-electron chi connectivity index (χ1n) is 6.97. The molecule has 2 aromatic rings. The van der Waals surface area contributed by atoms with Crippen LogP contribution in [0.4, 0.5) is 0 Å². The van der Waals surface area contributed by atoms with Crippen molar-refractivity contribution in [2.24, 2.45) is 5.73 Å². The predicted molar refractivity (Wildman–Crippen MR) is 79.2 cm³/mol. The van der Waals surface area contributed by atoms with E-state index in [1.165, 1.54) is 11.1 Å². The van der Waals surface area contributed by atoms with Gasteiger partial charge in [0.2, 0.25) is 0 Å². The highest BCUT2D eigenvalue weighted by atomic mass is 15.1. The summed E-state index contributed by atoms with van der Waals surface area (Å²) in [7, 11) is 0. The maximum atomic E-state index is 6.21. The molecule has 0 saturated heterocycles. The van der Waals surface area contributed by atoms with E-state index in [2.05, 4.69) is 54.6 Å². The van der Waals surface area contributed by atoms with Crippen LogP contribution in [-0.2, 0) is 6.42 Å². The van der Waals surface area contributed by atoms with Crippen molar-refractivity contribution in [1.29, 1.82) is 0 Å². The summed E-state index contributed by atoms with van der Waals surface area (Å²) in [5, 5.41) is 0. The summed E-state index contributed by atoms with van der Waals surface area (Å²) in [5.74, 6) is 1.12. The zero-order valence-electron chi connectivity index (χ0n) is 12.0. The first-order valence-corrected chi connectivity index (χ1v) is 6.97. The number of imidazole rings is 1. The molecule has 0 amide bonds. The van der Waals surface area contributed by atoms with Crippen molar-refractivity contribution in [2.45, 2.75) is 45.7 Å². The van der Waals surface area contributed by atoms with Crippen molar-refractivity contribution in [3.05, 3.63) is 53.6 Å². The summed E-state index contributed by atoms with van der Waals surface area (Å²) in [6.45, 7) is 6.33. The third-order valence-corrected chi connectivity index (χ3v) is 3.44. The molecule has 3 heteroatoms. The summed E-state index contributed by atoms with van der Waals surface area (Å²) in [5.41, 5.74) is 8.73. The molecule has 19 heavy (non-hydrogen) atoms. The van der Waals surface area contributed by atoms with Crippen molar-refractivity contribution in [3.63, 3.8) is 0 Å². The molecule has 0 spiro atoms. The third kappa shape index (κ3) is 3.04. The standard InChI is InChI=1S/C16H23N3/c1-4-5-15-18-10-11-19(15)16(13(3)17)14-8-6-12(2)7-9-14/h6-11,13,16H,4-5,17H2,1-3H3. The zero-order valence-corrected chi connectivity index (χ0v) is 12.0. The minimum Gasteiger partial charge on any atom is -0.326 e. The van der Waals surface area contributed by atoms with Gasteiger partial charge in [0.15, 0.2) is 0 Å². The van der Waals surface area contributed by atoms with Crippen LogP contribution in [0.1, 0.15) is 43.3 Å². The molecule has 2 unspecified atom stereocenters. The predicted octanol–water partition coefficient (Wildman–Crippen LogP) is 3.08. The van der Waals surface area contributed by atoms with E-state index in [1.54, 1.807) is 0 Å². The van der Waals surface area contributed by atoms with Crippen LogP contribution in [0.3, 0.4) is 0 Å². The van der Waals surface area contributed by atoms with Gasteiger partial charge in [-0.3, -0.25) is 0 Å². The number of hydrogen-bond donors (Lipinski definition) is 1. The average molecular weight is 257 g/mol. The second-order valence-electron chi connectivity index (χ2n) is 5.22. The van der Waals surface area contributed by atoms with Gasteiger partial charge in [0.25, 0.3) is 0 Å². The van der Waals surface area contributed by atoms with Gasteiger partial charge >= 0.3 is 0 Å². The number of aromatic nitrogens is 2. The molecular formula is C16H23N3. The van der Waals surface area contributed by atoms with Gasteiger partial charge < -0.3 is 10.3 Å². The highest BCUT2D eigenvalue weighted by molar-refractivity contribution is 5.26. The lowest BCUT2D eigenvalue weighted by molar-refractivity contribution is 0.478. The maximum absolute atomic E-state index is 6.21. The van der Waals surface area contributed by atoms with Gasteiger partial charge in [0.1, 0.15) is 5.82 Å². The summed E-state index contributed by atoms with van der Waals surface area (Å²) in [6.07, 6.45) is 5.99. The summed E-state index contributed by atoms with van der Waals surface area (Å²) < 4.78 is 2.22. The number of rotatable bonds is 5. The molecule has 0 saturated carbocycles. The average Bonchev–Trinajstić information content (AvgIpc) is 2.80. The molecule has 0 radical (unpaired) electrons. The number of nitrogens with two attached hydrogens (primary N) is 1. The molecule has 0 aliphatic rings. The van der Waals surface area contributed by atoms with Crippen molar-refractivity contribution >= 4 is 0 Å². The van der Waals surface area contributed by atoms with E-state index in [9.17, 15) is 0 Å². The van der Waals surface area contributed by atoms with Crippen LogP contribution in [-0.4, -0.2) is 15.6 Å². The smallest absolute Gasteiger partial charge is 0.109 e. The molecule has 1 aromatic heterocycles. The second kappa shape index (κ2) is 6.02. The van der Waals surface area contributed by atoms with Crippen LogP contribution in [0.2, 0.25) is 0 Å². The molecular weight excluding hydrogens is 234 g/mol. The van der Waals surface area contributed by atoms with Gasteiger partial charge in [-0.1, -0.05) is 36.8 Å². The van der Waals surface area contributed by atoms with Gasteiger partial charge in [-0.2, -0.15) is 0 Å².